The van der Waals surface area contributed by atoms with Crippen molar-refractivity contribution in [3.8, 4) is 0 Å². The molecule has 1 aliphatic carbocycles. The van der Waals surface area contributed by atoms with Gasteiger partial charge in [0, 0.05) is 69.4 Å². The second-order valence-corrected chi connectivity index (χ2v) is 9.64. The van der Waals surface area contributed by atoms with Gasteiger partial charge in [-0.2, -0.15) is 0 Å². The summed E-state index contributed by atoms with van der Waals surface area (Å²) in [6.07, 6.45) is 2.98. The number of piperazine rings is 1. The zero-order valence-electron chi connectivity index (χ0n) is 18.3. The molecule has 1 aromatic heterocycles. The maximum absolute atomic E-state index is 13.5. The number of nitrogens with zero attached hydrogens (tertiary/aromatic N) is 4. The van der Waals surface area contributed by atoms with Gasteiger partial charge in [-0.15, -0.1) is 0 Å². The van der Waals surface area contributed by atoms with Crippen molar-refractivity contribution in [2.24, 2.45) is 13.0 Å². The van der Waals surface area contributed by atoms with Crippen LogP contribution in [0.2, 0.25) is 0 Å². The molecule has 4 aliphatic rings. The zero-order chi connectivity index (χ0) is 22.0. The van der Waals surface area contributed by atoms with E-state index in [9.17, 15) is 14.4 Å². The summed E-state index contributed by atoms with van der Waals surface area (Å²) in [6, 6.07) is 9.75. The van der Waals surface area contributed by atoms with E-state index in [1.807, 2.05) is 51.7 Å². The van der Waals surface area contributed by atoms with Gasteiger partial charge in [-0.05, 0) is 25.0 Å². The number of benzene rings is 1. The predicted molar refractivity (Wildman–Crippen MR) is 117 cm³/mol. The van der Waals surface area contributed by atoms with Crippen molar-refractivity contribution in [1.82, 2.24) is 19.3 Å². The highest BCUT2D eigenvalue weighted by molar-refractivity contribution is 5.99. The molecule has 168 valence electrons. The van der Waals surface area contributed by atoms with Crippen LogP contribution in [0.5, 0.6) is 0 Å². The van der Waals surface area contributed by atoms with E-state index < -0.39 is 5.60 Å². The van der Waals surface area contributed by atoms with Crippen LogP contribution < -0.4 is 0 Å². The first kappa shape index (κ1) is 19.6. The first-order chi connectivity index (χ1) is 15.5. The maximum Gasteiger partial charge on any atom is 0.410 e. The van der Waals surface area contributed by atoms with Gasteiger partial charge in [0.15, 0.2) is 0 Å². The fraction of sp³-hybridized carbons (Fsp3) is 0.542. The third-order valence-electron chi connectivity index (χ3n) is 7.82. The molecule has 1 unspecified atom stereocenters. The Hall–Kier alpha value is -3.03. The third kappa shape index (κ3) is 2.92. The summed E-state index contributed by atoms with van der Waals surface area (Å²) >= 11 is 0. The normalized spacial score (nSPS) is 24.7. The van der Waals surface area contributed by atoms with Crippen molar-refractivity contribution in [2.75, 3.05) is 32.7 Å². The van der Waals surface area contributed by atoms with Gasteiger partial charge < -0.3 is 19.1 Å². The van der Waals surface area contributed by atoms with E-state index in [2.05, 4.69) is 0 Å². The zero-order valence-corrected chi connectivity index (χ0v) is 18.3. The number of hydrogen-bond acceptors (Lipinski definition) is 4. The average molecular weight is 437 g/mol. The number of ether oxygens (including phenoxy) is 1. The van der Waals surface area contributed by atoms with Crippen LogP contribution in [-0.2, 0) is 16.6 Å². The second kappa shape index (κ2) is 6.98. The van der Waals surface area contributed by atoms with Gasteiger partial charge in [0.05, 0.1) is 6.04 Å². The molecule has 1 saturated carbocycles. The number of rotatable bonds is 2. The highest BCUT2D eigenvalue weighted by atomic mass is 16.6. The Morgan fingerprint density at radius 3 is 2.50 bits per heavy atom. The van der Waals surface area contributed by atoms with Crippen molar-refractivity contribution in [1.29, 1.82) is 0 Å². The topological polar surface area (TPSA) is 75.1 Å². The number of hydrogen-bond donors (Lipinski definition) is 0. The smallest absolute Gasteiger partial charge is 0.410 e. The van der Waals surface area contributed by atoms with E-state index >= 15 is 0 Å². The van der Waals surface area contributed by atoms with Crippen LogP contribution >= 0.6 is 0 Å². The van der Waals surface area contributed by atoms with Crippen LogP contribution in [0.15, 0.2) is 30.3 Å². The van der Waals surface area contributed by atoms with E-state index in [1.54, 1.807) is 4.90 Å². The second-order valence-electron chi connectivity index (χ2n) is 9.64. The number of carbonyl (C=O) groups excluding carboxylic acids is 3. The van der Waals surface area contributed by atoms with Crippen LogP contribution in [0.4, 0.5) is 4.79 Å². The lowest BCUT2D eigenvalue weighted by atomic mass is 9.83. The summed E-state index contributed by atoms with van der Waals surface area (Å²) in [7, 11) is 1.92. The fourth-order valence-electron chi connectivity index (χ4n) is 5.72. The Bertz CT molecular complexity index is 1110. The third-order valence-corrected chi connectivity index (χ3v) is 7.82. The number of piperidine rings is 1. The molecule has 4 heterocycles. The molecule has 1 aromatic carbocycles. The lowest BCUT2D eigenvalue weighted by Gasteiger charge is -2.45. The lowest BCUT2D eigenvalue weighted by molar-refractivity contribution is -0.136. The molecule has 1 spiro atoms. The van der Waals surface area contributed by atoms with Crippen molar-refractivity contribution in [2.45, 2.75) is 37.3 Å². The lowest BCUT2D eigenvalue weighted by Crippen LogP contribution is -2.61. The number of para-hydroxylation sites is 1. The average Bonchev–Trinajstić information content (AvgIpc) is 3.57. The Labute approximate surface area is 186 Å². The van der Waals surface area contributed by atoms with Gasteiger partial charge in [0.1, 0.15) is 11.3 Å². The molecule has 3 aliphatic heterocycles. The van der Waals surface area contributed by atoms with Crippen LogP contribution in [0.1, 0.15) is 36.2 Å². The molecule has 4 fully saturated rings. The quantitative estimate of drug-likeness (QED) is 0.724. The number of aryl methyl sites for hydroxylation is 1. The highest BCUT2D eigenvalue weighted by Gasteiger charge is 2.57. The highest BCUT2D eigenvalue weighted by Crippen LogP contribution is 2.41. The Balaban J connectivity index is 1.22. The molecule has 8 nitrogen and oxygen atoms in total. The van der Waals surface area contributed by atoms with E-state index in [0.717, 1.165) is 23.7 Å². The number of amides is 3. The molecule has 6 rings (SSSR count). The Morgan fingerprint density at radius 1 is 1.03 bits per heavy atom. The Kier molecular flexibility index (Phi) is 4.29. The van der Waals surface area contributed by atoms with E-state index in [0.29, 0.717) is 51.3 Å². The van der Waals surface area contributed by atoms with E-state index in [-0.39, 0.29) is 29.9 Å². The summed E-state index contributed by atoms with van der Waals surface area (Å²) in [5.74, 6) is 0.437. The summed E-state index contributed by atoms with van der Waals surface area (Å²) in [5, 5.41) is 1.04. The van der Waals surface area contributed by atoms with Gasteiger partial charge in [-0.25, -0.2) is 4.79 Å². The first-order valence-corrected chi connectivity index (χ1v) is 11.6. The molecule has 0 bridgehead atoms. The first-order valence-electron chi connectivity index (χ1n) is 11.6. The molecule has 2 aromatic rings. The van der Waals surface area contributed by atoms with E-state index in [4.69, 9.17) is 4.74 Å². The molecule has 1 atom stereocenters. The molecular weight excluding hydrogens is 408 g/mol. The van der Waals surface area contributed by atoms with Gasteiger partial charge in [-0.3, -0.25) is 14.5 Å². The molecular formula is C24H28N4O4. The van der Waals surface area contributed by atoms with Crippen LogP contribution in [0.25, 0.3) is 10.9 Å². The number of likely N-dealkylation sites (tertiary alicyclic amines) is 1. The molecule has 0 radical (unpaired) electrons. The number of fused-ring (bicyclic) bond motifs is 3. The number of carbonyl (C=O) groups is 3. The van der Waals surface area contributed by atoms with Gasteiger partial charge in [-0.1, -0.05) is 18.2 Å². The fourth-order valence-corrected chi connectivity index (χ4v) is 5.72. The molecule has 8 heteroatoms. The molecule has 32 heavy (non-hydrogen) atoms. The molecule has 0 N–H and O–H groups in total. The monoisotopic (exact) mass is 436 g/mol. The minimum absolute atomic E-state index is 0.0146. The standard InChI is InChI=1S/C24H28N4O4/c1-25-18-5-3-2-4-17(18)14-19(25)22(30)27-12-13-28-20(15-27)24(32-23(28)31)8-10-26(11-9-24)21(29)16-6-7-16/h2-5,14,16,20H,6-13,15H2,1H3. The summed E-state index contributed by atoms with van der Waals surface area (Å²) in [4.78, 5) is 44.2. The Morgan fingerprint density at radius 2 is 1.78 bits per heavy atom. The molecule has 3 amide bonds. The van der Waals surface area contributed by atoms with Crippen LogP contribution in [0, 0.1) is 5.92 Å². The van der Waals surface area contributed by atoms with Crippen molar-refractivity contribution in [3.63, 3.8) is 0 Å². The van der Waals surface area contributed by atoms with Crippen molar-refractivity contribution >= 4 is 28.8 Å². The SMILES string of the molecule is Cn1c(C(=O)N2CCN3C(=O)OC4(CCN(C(=O)C5CC5)CC4)C3C2)cc2ccccc21. The van der Waals surface area contributed by atoms with Gasteiger partial charge >= 0.3 is 6.09 Å². The summed E-state index contributed by atoms with van der Waals surface area (Å²) in [5.41, 5.74) is 1.07. The van der Waals surface area contributed by atoms with E-state index in [1.165, 1.54) is 0 Å². The maximum atomic E-state index is 13.5. The largest absolute Gasteiger partial charge is 0.440 e. The van der Waals surface area contributed by atoms with Crippen molar-refractivity contribution in [3.05, 3.63) is 36.0 Å². The van der Waals surface area contributed by atoms with Crippen LogP contribution in [0.3, 0.4) is 0 Å². The van der Waals surface area contributed by atoms with Crippen molar-refractivity contribution < 1.29 is 19.1 Å². The van der Waals surface area contributed by atoms with Gasteiger partial charge in [0.25, 0.3) is 5.91 Å². The number of aromatic nitrogens is 1. The minimum Gasteiger partial charge on any atom is -0.440 e. The minimum atomic E-state index is -0.616. The van der Waals surface area contributed by atoms with Gasteiger partial charge in [0.2, 0.25) is 5.91 Å². The molecule has 3 saturated heterocycles. The summed E-state index contributed by atoms with van der Waals surface area (Å²) < 4.78 is 7.89. The predicted octanol–water partition coefficient (Wildman–Crippen LogP) is 2.23. The van der Waals surface area contributed by atoms with Crippen LogP contribution in [-0.4, -0.2) is 81.5 Å². The summed E-state index contributed by atoms with van der Waals surface area (Å²) in [6.45, 7) is 2.66.